The van der Waals surface area contributed by atoms with Gasteiger partial charge in [-0.05, 0) is 149 Å². The van der Waals surface area contributed by atoms with Crippen molar-refractivity contribution in [3.63, 3.8) is 0 Å². The summed E-state index contributed by atoms with van der Waals surface area (Å²) in [7, 11) is 0. The number of nitrogens with one attached hydrogen (secondary N) is 3. The second kappa shape index (κ2) is 17.9. The zero-order valence-electron chi connectivity index (χ0n) is 34.2. The van der Waals surface area contributed by atoms with Crippen molar-refractivity contribution in [1.29, 1.82) is 0 Å². The molecule has 3 saturated heterocycles. The van der Waals surface area contributed by atoms with Gasteiger partial charge in [0.05, 0.1) is 36.5 Å². The maximum absolute atomic E-state index is 12.6. The van der Waals surface area contributed by atoms with E-state index in [9.17, 15) is 29.7 Å². The Kier molecular flexibility index (Phi) is 12.0. The molecule has 3 aromatic carbocycles. The molecule has 13 nitrogen and oxygen atoms in total. The van der Waals surface area contributed by atoms with Crippen molar-refractivity contribution in [2.45, 2.75) is 58.2 Å². The Balaban J connectivity index is 1.10. The van der Waals surface area contributed by atoms with Crippen LogP contribution in [0.1, 0.15) is 52.6 Å². The average molecular weight is 831 g/mol. The molecular formula is C48H54N4O9. The number of hydrogen-bond acceptors (Lipinski definition) is 10. The molecule has 0 radical (unpaired) electrons. The monoisotopic (exact) mass is 830 g/mol. The molecule has 6 heterocycles. The highest BCUT2D eigenvalue weighted by atomic mass is 16.4. The first-order valence-electron chi connectivity index (χ1n) is 21.7. The third kappa shape index (κ3) is 8.97. The maximum Gasteiger partial charge on any atom is 0.307 e. The Morgan fingerprint density at radius 3 is 1.10 bits per heavy atom. The SMILES string of the molecule is O=C(O)[C@@H](Cc1cc(CN(Cc2cc(C[C@H](C(=O)O)[C@H]3CCNC3)cc3ccoc23)Cc2cc(C[C@H](C(=O)O)[C@H]3CCNC3)cc3ccoc23)c2occc2c1)[C@H]1CCNC1. The number of rotatable bonds is 18. The number of hydrogen-bond donors (Lipinski definition) is 6. The van der Waals surface area contributed by atoms with Gasteiger partial charge in [-0.25, -0.2) is 0 Å². The normalized spacial score (nSPS) is 20.9. The molecule has 0 aliphatic carbocycles. The Morgan fingerprint density at radius 2 is 0.836 bits per heavy atom. The molecule has 0 spiro atoms. The minimum absolute atomic E-state index is 0.0415. The van der Waals surface area contributed by atoms with Crippen molar-refractivity contribution < 1.29 is 43.0 Å². The number of carboxylic acids is 3. The standard InChI is InChI=1S/C48H54N4O9/c53-46(54)40(34-1-7-49-22-34)19-28-13-31-4-10-59-43(31)37(16-28)25-52(26-38-17-29(14-32-5-11-60-44(32)38)20-41(47(55)56)35-2-8-50-23-35)27-39-18-30(15-33-6-12-61-45(33)39)21-42(48(57)58)36-3-9-51-24-36/h4-6,10-18,34-36,40-42,49-51H,1-3,7-9,19-27H2,(H,53,54)(H,55,56)(H,57,58)/t34-,35-,36-,40-,41-,42-/m0/s1. The lowest BCUT2D eigenvalue weighted by Crippen LogP contribution is -2.28. The van der Waals surface area contributed by atoms with Gasteiger partial charge in [0, 0.05) is 52.5 Å². The molecule has 13 heteroatoms. The zero-order valence-corrected chi connectivity index (χ0v) is 34.2. The summed E-state index contributed by atoms with van der Waals surface area (Å²) >= 11 is 0. The summed E-state index contributed by atoms with van der Waals surface area (Å²) in [4.78, 5) is 40.1. The van der Waals surface area contributed by atoms with Crippen LogP contribution in [-0.4, -0.2) is 77.4 Å². The molecule has 3 aromatic heterocycles. The minimum atomic E-state index is -0.794. The lowest BCUT2D eigenvalue weighted by Gasteiger charge is -2.25. The van der Waals surface area contributed by atoms with Crippen molar-refractivity contribution in [3.8, 4) is 0 Å². The van der Waals surface area contributed by atoms with Crippen molar-refractivity contribution in [1.82, 2.24) is 20.9 Å². The number of benzene rings is 3. The first kappa shape index (κ1) is 40.9. The number of carboxylic acid groups (broad SMARTS) is 3. The van der Waals surface area contributed by atoms with Gasteiger partial charge >= 0.3 is 17.9 Å². The second-order valence-corrected chi connectivity index (χ2v) is 17.6. The molecule has 6 aromatic rings. The maximum atomic E-state index is 12.6. The van der Waals surface area contributed by atoms with Gasteiger partial charge in [-0.3, -0.25) is 19.3 Å². The molecule has 0 amide bonds. The van der Waals surface area contributed by atoms with Gasteiger partial charge in [0.15, 0.2) is 0 Å². The minimum Gasteiger partial charge on any atom is -0.481 e. The summed E-state index contributed by atoms with van der Waals surface area (Å²) in [5.41, 5.74) is 7.67. The summed E-state index contributed by atoms with van der Waals surface area (Å²) < 4.78 is 18.4. The second-order valence-electron chi connectivity index (χ2n) is 17.6. The summed E-state index contributed by atoms with van der Waals surface area (Å²) in [6, 6.07) is 18.1. The molecule has 0 bridgehead atoms. The molecule has 9 rings (SSSR count). The van der Waals surface area contributed by atoms with Crippen LogP contribution in [-0.2, 0) is 53.3 Å². The van der Waals surface area contributed by atoms with E-state index in [-0.39, 0.29) is 17.8 Å². The van der Waals surface area contributed by atoms with E-state index in [4.69, 9.17) is 13.3 Å². The fourth-order valence-electron chi connectivity index (χ4n) is 10.5. The Morgan fingerprint density at radius 1 is 0.525 bits per heavy atom. The van der Waals surface area contributed by atoms with Gasteiger partial charge < -0.3 is 44.5 Å². The average Bonchev–Trinajstić information content (AvgIpc) is 4.09. The predicted octanol–water partition coefficient (Wildman–Crippen LogP) is 6.69. The van der Waals surface area contributed by atoms with Gasteiger partial charge in [0.1, 0.15) is 16.7 Å². The van der Waals surface area contributed by atoms with E-state index in [1.807, 2.05) is 36.4 Å². The van der Waals surface area contributed by atoms with Crippen LogP contribution in [0.4, 0.5) is 0 Å². The van der Waals surface area contributed by atoms with E-state index in [0.29, 0.717) is 58.5 Å². The number of nitrogens with zero attached hydrogens (tertiary/aromatic N) is 1. The quantitative estimate of drug-likeness (QED) is 0.0538. The van der Waals surface area contributed by atoms with Gasteiger partial charge in [-0.15, -0.1) is 0 Å². The van der Waals surface area contributed by atoms with Gasteiger partial charge in [0.2, 0.25) is 0 Å². The molecule has 0 saturated carbocycles. The largest absolute Gasteiger partial charge is 0.481 e. The molecular weight excluding hydrogens is 777 g/mol. The van der Waals surface area contributed by atoms with Crippen LogP contribution < -0.4 is 16.0 Å². The van der Waals surface area contributed by atoms with E-state index in [2.05, 4.69) is 39.0 Å². The number of furan rings is 3. The summed E-state index contributed by atoms with van der Waals surface area (Å²) in [6.07, 6.45) is 8.64. The third-order valence-corrected chi connectivity index (χ3v) is 13.6. The molecule has 0 unspecified atom stereocenters. The van der Waals surface area contributed by atoms with Crippen LogP contribution in [0.5, 0.6) is 0 Å². The van der Waals surface area contributed by atoms with Gasteiger partial charge in [-0.2, -0.15) is 0 Å². The highest BCUT2D eigenvalue weighted by molar-refractivity contribution is 5.84. The van der Waals surface area contributed by atoms with Crippen LogP contribution in [0.25, 0.3) is 32.9 Å². The predicted molar refractivity (Wildman–Crippen MR) is 229 cm³/mol. The van der Waals surface area contributed by atoms with E-state index in [0.717, 1.165) is 105 Å². The van der Waals surface area contributed by atoms with E-state index in [1.54, 1.807) is 18.8 Å². The summed E-state index contributed by atoms with van der Waals surface area (Å²) in [6.45, 7) is 5.72. The fraction of sp³-hybridized carbons (Fsp3) is 0.438. The Bertz CT molecular complexity index is 2240. The molecule has 3 aliphatic rings. The number of aliphatic carboxylic acids is 3. The number of carbonyl (C=O) groups is 3. The first-order valence-corrected chi connectivity index (χ1v) is 21.7. The third-order valence-electron chi connectivity index (χ3n) is 13.6. The lowest BCUT2D eigenvalue weighted by atomic mass is 9.85. The fourth-order valence-corrected chi connectivity index (χ4v) is 10.5. The van der Waals surface area contributed by atoms with Crippen LogP contribution >= 0.6 is 0 Å². The molecule has 320 valence electrons. The Labute approximate surface area is 353 Å². The highest BCUT2D eigenvalue weighted by Crippen LogP contribution is 2.34. The molecule has 61 heavy (non-hydrogen) atoms. The topological polar surface area (TPSA) is 191 Å². The van der Waals surface area contributed by atoms with Crippen molar-refractivity contribution in [3.05, 3.63) is 107 Å². The summed E-state index contributed by atoms with van der Waals surface area (Å²) in [5, 5.41) is 43.7. The Hall–Kier alpha value is -5.47. The van der Waals surface area contributed by atoms with Crippen LogP contribution in [0, 0.1) is 35.5 Å². The summed E-state index contributed by atoms with van der Waals surface area (Å²) in [5.74, 6) is -3.85. The lowest BCUT2D eigenvalue weighted by molar-refractivity contribution is -0.144. The van der Waals surface area contributed by atoms with Gasteiger partial charge in [0.25, 0.3) is 0 Å². The van der Waals surface area contributed by atoms with Crippen molar-refractivity contribution >= 4 is 50.8 Å². The smallest absolute Gasteiger partial charge is 0.307 e. The molecule has 3 aliphatic heterocycles. The van der Waals surface area contributed by atoms with E-state index < -0.39 is 35.7 Å². The van der Waals surface area contributed by atoms with E-state index >= 15 is 0 Å². The highest BCUT2D eigenvalue weighted by Gasteiger charge is 2.34. The van der Waals surface area contributed by atoms with Crippen molar-refractivity contribution in [2.24, 2.45) is 35.5 Å². The zero-order chi connectivity index (χ0) is 42.0. The molecule has 6 atom stereocenters. The van der Waals surface area contributed by atoms with Crippen LogP contribution in [0.3, 0.4) is 0 Å². The first-order chi connectivity index (χ1) is 29.7. The van der Waals surface area contributed by atoms with E-state index in [1.165, 1.54) is 0 Å². The van der Waals surface area contributed by atoms with Crippen LogP contribution in [0.15, 0.2) is 86.6 Å². The number of fused-ring (bicyclic) bond motifs is 3. The van der Waals surface area contributed by atoms with Crippen molar-refractivity contribution in [2.75, 3.05) is 39.3 Å². The van der Waals surface area contributed by atoms with Gasteiger partial charge in [-0.1, -0.05) is 18.2 Å². The molecule has 3 fully saturated rings. The van der Waals surface area contributed by atoms with Crippen LogP contribution in [0.2, 0.25) is 0 Å². The molecule has 6 N–H and O–H groups in total.